The van der Waals surface area contributed by atoms with Gasteiger partial charge >= 0.3 is 0 Å². The van der Waals surface area contributed by atoms with Crippen molar-refractivity contribution >= 4 is 5.69 Å². The van der Waals surface area contributed by atoms with Crippen LogP contribution in [0.3, 0.4) is 0 Å². The fourth-order valence-electron chi connectivity index (χ4n) is 3.06. The van der Waals surface area contributed by atoms with E-state index in [0.717, 1.165) is 30.7 Å². The van der Waals surface area contributed by atoms with Crippen molar-refractivity contribution in [2.45, 2.75) is 38.6 Å². The third-order valence-corrected chi connectivity index (χ3v) is 4.27. The Hall–Kier alpha value is -1.09. The zero-order valence-electron chi connectivity index (χ0n) is 12.0. The van der Waals surface area contributed by atoms with Crippen molar-refractivity contribution in [2.24, 2.45) is 5.92 Å². The summed E-state index contributed by atoms with van der Waals surface area (Å²) in [5, 5.41) is 3.35. The van der Waals surface area contributed by atoms with Crippen molar-refractivity contribution in [3.05, 3.63) is 30.1 Å². The normalized spacial score (nSPS) is 23.6. The molecule has 0 aliphatic heterocycles. The first-order chi connectivity index (χ1) is 9.16. The molecule has 0 aromatic heterocycles. The smallest absolute Gasteiger partial charge is 0.123 e. The summed E-state index contributed by atoms with van der Waals surface area (Å²) in [7, 11) is 2.22. The molecular weight excluding hydrogens is 239 g/mol. The molecule has 106 valence electrons. The van der Waals surface area contributed by atoms with E-state index in [4.69, 9.17) is 0 Å². The lowest BCUT2D eigenvalue weighted by Gasteiger charge is -2.36. The van der Waals surface area contributed by atoms with Gasteiger partial charge in [0, 0.05) is 24.8 Å². The van der Waals surface area contributed by atoms with Gasteiger partial charge in [-0.2, -0.15) is 0 Å². The second kappa shape index (κ2) is 6.90. The number of benzene rings is 1. The van der Waals surface area contributed by atoms with Gasteiger partial charge < -0.3 is 10.2 Å². The van der Waals surface area contributed by atoms with E-state index < -0.39 is 0 Å². The lowest BCUT2D eigenvalue weighted by Crippen LogP contribution is -2.41. The maximum absolute atomic E-state index is 12.8. The van der Waals surface area contributed by atoms with Crippen LogP contribution in [0.4, 0.5) is 10.1 Å². The van der Waals surface area contributed by atoms with Crippen LogP contribution in [0.15, 0.2) is 24.3 Å². The lowest BCUT2D eigenvalue weighted by atomic mass is 9.85. The molecule has 0 bridgehead atoms. The summed E-state index contributed by atoms with van der Waals surface area (Å²) in [5.74, 6) is 0.628. The number of anilines is 1. The molecule has 0 amide bonds. The van der Waals surface area contributed by atoms with Gasteiger partial charge in [-0.05, 0) is 50.1 Å². The van der Waals surface area contributed by atoms with E-state index in [0.29, 0.717) is 0 Å². The Kier molecular flexibility index (Phi) is 5.20. The predicted molar refractivity (Wildman–Crippen MR) is 78.9 cm³/mol. The molecule has 1 N–H and O–H groups in total. The zero-order chi connectivity index (χ0) is 13.7. The standard InChI is InChI=1S/C16H25FN2/c1-13-5-3-4-6-16(13)19(2)12-11-18-15-9-7-14(17)8-10-15/h7-10,13,16,18H,3-6,11-12H2,1-2H3. The Morgan fingerprint density at radius 3 is 2.58 bits per heavy atom. The summed E-state index contributed by atoms with van der Waals surface area (Å²) in [6.45, 7) is 4.31. The highest BCUT2D eigenvalue weighted by molar-refractivity contribution is 5.42. The van der Waals surface area contributed by atoms with E-state index in [1.165, 1.54) is 37.8 Å². The largest absolute Gasteiger partial charge is 0.384 e. The Morgan fingerprint density at radius 2 is 1.89 bits per heavy atom. The highest BCUT2D eigenvalue weighted by atomic mass is 19.1. The summed E-state index contributed by atoms with van der Waals surface area (Å²) in [6.07, 6.45) is 5.44. The fraction of sp³-hybridized carbons (Fsp3) is 0.625. The summed E-state index contributed by atoms with van der Waals surface area (Å²) >= 11 is 0. The van der Waals surface area contributed by atoms with Gasteiger partial charge in [0.15, 0.2) is 0 Å². The van der Waals surface area contributed by atoms with E-state index >= 15 is 0 Å². The molecule has 3 heteroatoms. The zero-order valence-corrected chi connectivity index (χ0v) is 12.0. The third kappa shape index (κ3) is 4.20. The molecule has 2 rings (SSSR count). The average molecular weight is 264 g/mol. The first kappa shape index (κ1) is 14.3. The minimum absolute atomic E-state index is 0.182. The highest BCUT2D eigenvalue weighted by Gasteiger charge is 2.24. The molecule has 19 heavy (non-hydrogen) atoms. The van der Waals surface area contributed by atoms with Gasteiger partial charge in [0.25, 0.3) is 0 Å². The van der Waals surface area contributed by atoms with Crippen LogP contribution < -0.4 is 5.32 Å². The summed E-state index contributed by atoms with van der Waals surface area (Å²) < 4.78 is 12.8. The second-order valence-corrected chi connectivity index (χ2v) is 5.74. The molecule has 0 spiro atoms. The minimum Gasteiger partial charge on any atom is -0.384 e. The van der Waals surface area contributed by atoms with Crippen molar-refractivity contribution in [3.63, 3.8) is 0 Å². The molecule has 2 atom stereocenters. The summed E-state index contributed by atoms with van der Waals surface area (Å²) in [5.41, 5.74) is 0.992. The monoisotopic (exact) mass is 264 g/mol. The van der Waals surface area contributed by atoms with Crippen LogP contribution in [-0.4, -0.2) is 31.1 Å². The number of hydrogen-bond acceptors (Lipinski definition) is 2. The molecule has 0 heterocycles. The Balaban J connectivity index is 1.74. The van der Waals surface area contributed by atoms with Gasteiger partial charge in [0.05, 0.1) is 0 Å². The van der Waals surface area contributed by atoms with Gasteiger partial charge in [-0.1, -0.05) is 19.8 Å². The van der Waals surface area contributed by atoms with Crippen LogP contribution in [0.5, 0.6) is 0 Å². The molecule has 1 aromatic carbocycles. The van der Waals surface area contributed by atoms with Crippen molar-refractivity contribution < 1.29 is 4.39 Å². The van der Waals surface area contributed by atoms with Gasteiger partial charge in [-0.25, -0.2) is 4.39 Å². The molecule has 1 saturated carbocycles. The van der Waals surface area contributed by atoms with E-state index in [-0.39, 0.29) is 5.82 Å². The Bertz CT molecular complexity index is 377. The molecular formula is C16H25FN2. The lowest BCUT2D eigenvalue weighted by molar-refractivity contribution is 0.144. The number of rotatable bonds is 5. The van der Waals surface area contributed by atoms with Gasteiger partial charge in [-0.15, -0.1) is 0 Å². The maximum atomic E-state index is 12.8. The van der Waals surface area contributed by atoms with Crippen molar-refractivity contribution in [3.8, 4) is 0 Å². The van der Waals surface area contributed by atoms with E-state index in [1.54, 1.807) is 12.1 Å². The SMILES string of the molecule is CC1CCCCC1N(C)CCNc1ccc(F)cc1. The van der Waals surface area contributed by atoms with E-state index in [9.17, 15) is 4.39 Å². The van der Waals surface area contributed by atoms with Crippen LogP contribution in [0, 0.1) is 11.7 Å². The van der Waals surface area contributed by atoms with Crippen LogP contribution in [0.1, 0.15) is 32.6 Å². The van der Waals surface area contributed by atoms with Gasteiger partial charge in [0.1, 0.15) is 5.82 Å². The molecule has 2 nitrogen and oxygen atoms in total. The van der Waals surface area contributed by atoms with Crippen molar-refractivity contribution in [2.75, 3.05) is 25.5 Å². The fourth-order valence-corrected chi connectivity index (χ4v) is 3.06. The molecule has 0 saturated heterocycles. The molecule has 1 aliphatic rings. The van der Waals surface area contributed by atoms with Crippen LogP contribution in [-0.2, 0) is 0 Å². The molecule has 1 aliphatic carbocycles. The Morgan fingerprint density at radius 1 is 1.21 bits per heavy atom. The number of nitrogens with zero attached hydrogens (tertiary/aromatic N) is 1. The second-order valence-electron chi connectivity index (χ2n) is 5.74. The van der Waals surface area contributed by atoms with Crippen LogP contribution in [0.2, 0.25) is 0 Å². The van der Waals surface area contributed by atoms with Gasteiger partial charge in [0.2, 0.25) is 0 Å². The maximum Gasteiger partial charge on any atom is 0.123 e. The van der Waals surface area contributed by atoms with E-state index in [2.05, 4.69) is 24.2 Å². The molecule has 0 radical (unpaired) electrons. The summed E-state index contributed by atoms with van der Waals surface area (Å²) in [4.78, 5) is 2.47. The van der Waals surface area contributed by atoms with Crippen molar-refractivity contribution in [1.82, 2.24) is 4.90 Å². The molecule has 2 unspecified atom stereocenters. The average Bonchev–Trinajstić information content (AvgIpc) is 2.41. The predicted octanol–water partition coefficient (Wildman–Crippen LogP) is 3.75. The number of likely N-dealkylation sites (N-methyl/N-ethyl adjacent to an activating group) is 1. The van der Waals surface area contributed by atoms with Crippen LogP contribution >= 0.6 is 0 Å². The summed E-state index contributed by atoms with van der Waals surface area (Å²) in [6, 6.07) is 7.30. The topological polar surface area (TPSA) is 15.3 Å². The Labute approximate surface area is 116 Å². The minimum atomic E-state index is -0.182. The molecule has 1 fully saturated rings. The highest BCUT2D eigenvalue weighted by Crippen LogP contribution is 2.27. The number of halogens is 1. The van der Waals surface area contributed by atoms with Gasteiger partial charge in [-0.3, -0.25) is 0 Å². The number of nitrogens with one attached hydrogen (secondary N) is 1. The first-order valence-corrected chi connectivity index (χ1v) is 7.36. The third-order valence-electron chi connectivity index (χ3n) is 4.27. The number of hydrogen-bond donors (Lipinski definition) is 1. The van der Waals surface area contributed by atoms with Crippen molar-refractivity contribution in [1.29, 1.82) is 0 Å². The quantitative estimate of drug-likeness (QED) is 0.871. The first-order valence-electron chi connectivity index (χ1n) is 7.36. The van der Waals surface area contributed by atoms with E-state index in [1.807, 2.05) is 0 Å². The van der Waals surface area contributed by atoms with Crippen LogP contribution in [0.25, 0.3) is 0 Å². The molecule has 1 aromatic rings.